The lowest BCUT2D eigenvalue weighted by Crippen LogP contribution is -2.44. The van der Waals surface area contributed by atoms with Crippen LogP contribution in [0.1, 0.15) is 63.0 Å². The van der Waals surface area contributed by atoms with Crippen LogP contribution in [0.2, 0.25) is 0 Å². The van der Waals surface area contributed by atoms with Gasteiger partial charge in [0.2, 0.25) is 11.8 Å². The Labute approximate surface area is 212 Å². The van der Waals surface area contributed by atoms with E-state index in [1.807, 2.05) is 18.2 Å². The Kier molecular flexibility index (Phi) is 9.72. The largest absolute Gasteiger partial charge is 0.379 e. The third-order valence-electron chi connectivity index (χ3n) is 7.40. The molecule has 2 heterocycles. The van der Waals surface area contributed by atoms with Crippen LogP contribution in [0.5, 0.6) is 0 Å². The lowest BCUT2D eigenvalue weighted by atomic mass is 9.89. The van der Waals surface area contributed by atoms with Crippen molar-refractivity contribution in [3.63, 3.8) is 0 Å². The van der Waals surface area contributed by atoms with Crippen molar-refractivity contribution in [2.24, 2.45) is 13.0 Å². The van der Waals surface area contributed by atoms with Gasteiger partial charge in [0.25, 0.3) is 0 Å². The summed E-state index contributed by atoms with van der Waals surface area (Å²) < 4.78 is 14.5. The fraction of sp³-hybridized carbons (Fsp3) is 0.667. The highest BCUT2D eigenvalue weighted by Gasteiger charge is 2.31. The fourth-order valence-electron chi connectivity index (χ4n) is 5.48. The van der Waals surface area contributed by atoms with E-state index in [1.54, 1.807) is 11.6 Å². The van der Waals surface area contributed by atoms with Gasteiger partial charge in [-0.2, -0.15) is 0 Å². The Bertz CT molecular complexity index is 1090. The molecule has 198 valence electrons. The third kappa shape index (κ3) is 6.63. The molecule has 0 radical (unpaired) electrons. The SMILES string of the molecule is Cn1c(=O)n(C2CCC(=O)NC2=O)c2cccc(CCCOCCOCCNCC3CCCCC3)c21. The number of amides is 2. The number of hydrogen-bond acceptors (Lipinski definition) is 6. The van der Waals surface area contributed by atoms with Crippen molar-refractivity contribution in [1.29, 1.82) is 0 Å². The summed E-state index contributed by atoms with van der Waals surface area (Å²) in [6, 6.07) is 5.12. The maximum absolute atomic E-state index is 13.0. The van der Waals surface area contributed by atoms with E-state index in [0.29, 0.717) is 32.8 Å². The average molecular weight is 501 g/mol. The lowest BCUT2D eigenvalue weighted by Gasteiger charge is -2.22. The van der Waals surface area contributed by atoms with Gasteiger partial charge in [0.15, 0.2) is 0 Å². The summed E-state index contributed by atoms with van der Waals surface area (Å²) in [4.78, 5) is 36.9. The quantitative estimate of drug-likeness (QED) is 0.324. The first-order chi connectivity index (χ1) is 17.6. The van der Waals surface area contributed by atoms with Crippen LogP contribution in [0.25, 0.3) is 11.0 Å². The van der Waals surface area contributed by atoms with Gasteiger partial charge in [-0.3, -0.25) is 24.0 Å². The van der Waals surface area contributed by atoms with Crippen LogP contribution < -0.4 is 16.3 Å². The first-order valence-electron chi connectivity index (χ1n) is 13.4. The monoisotopic (exact) mass is 500 g/mol. The Hall–Kier alpha value is -2.49. The summed E-state index contributed by atoms with van der Waals surface area (Å²) in [5, 5.41) is 5.86. The van der Waals surface area contributed by atoms with Gasteiger partial charge in [0, 0.05) is 26.6 Å². The molecule has 0 bridgehead atoms. The minimum atomic E-state index is -0.667. The first-order valence-corrected chi connectivity index (χ1v) is 13.4. The van der Waals surface area contributed by atoms with Crippen molar-refractivity contribution in [3.05, 3.63) is 34.2 Å². The Morgan fingerprint density at radius 3 is 2.56 bits per heavy atom. The van der Waals surface area contributed by atoms with Crippen molar-refractivity contribution in [3.8, 4) is 0 Å². The van der Waals surface area contributed by atoms with E-state index in [2.05, 4.69) is 10.6 Å². The molecule has 0 spiro atoms. The molecular weight excluding hydrogens is 460 g/mol. The topological polar surface area (TPSA) is 104 Å². The van der Waals surface area contributed by atoms with Crippen LogP contribution in [0.3, 0.4) is 0 Å². The molecule has 1 saturated carbocycles. The zero-order valence-electron chi connectivity index (χ0n) is 21.4. The number of nitrogens with one attached hydrogen (secondary N) is 2. The van der Waals surface area contributed by atoms with Gasteiger partial charge in [-0.15, -0.1) is 0 Å². The van der Waals surface area contributed by atoms with Gasteiger partial charge in [0.05, 0.1) is 30.9 Å². The second-order valence-electron chi connectivity index (χ2n) is 10.00. The maximum Gasteiger partial charge on any atom is 0.329 e. The number of nitrogens with zero attached hydrogens (tertiary/aromatic N) is 2. The molecule has 1 saturated heterocycles. The van der Waals surface area contributed by atoms with Gasteiger partial charge in [-0.05, 0) is 56.2 Å². The number of carbonyl (C=O) groups excluding carboxylic acids is 2. The van der Waals surface area contributed by atoms with Crippen molar-refractivity contribution in [2.45, 2.75) is 63.8 Å². The second-order valence-corrected chi connectivity index (χ2v) is 10.00. The minimum absolute atomic E-state index is 0.233. The molecule has 2 fully saturated rings. The molecule has 1 aromatic carbocycles. The predicted molar refractivity (Wildman–Crippen MR) is 138 cm³/mol. The number of piperidine rings is 1. The number of para-hydroxylation sites is 1. The van der Waals surface area contributed by atoms with E-state index in [9.17, 15) is 14.4 Å². The zero-order valence-corrected chi connectivity index (χ0v) is 21.4. The standard InChI is InChI=1S/C27H40N4O5/c1-30-25-21(9-5-11-22(25)31(27(30)34)23-12-13-24(32)29-26(23)33)10-6-15-35-17-18-36-16-14-28-19-20-7-3-2-4-8-20/h5,9,11,20,23,28H,2-4,6-8,10,12-19H2,1H3,(H,29,32,33). The van der Waals surface area contributed by atoms with Crippen molar-refractivity contribution in [1.82, 2.24) is 19.8 Å². The molecule has 1 unspecified atom stereocenters. The number of ether oxygens (including phenoxy) is 2. The van der Waals surface area contributed by atoms with Gasteiger partial charge in [0.1, 0.15) is 6.04 Å². The van der Waals surface area contributed by atoms with Crippen molar-refractivity contribution >= 4 is 22.8 Å². The summed E-state index contributed by atoms with van der Waals surface area (Å²) in [5.74, 6) is 0.134. The number of imide groups is 1. The lowest BCUT2D eigenvalue weighted by molar-refractivity contribution is -0.135. The minimum Gasteiger partial charge on any atom is -0.379 e. The molecule has 1 aliphatic heterocycles. The van der Waals surface area contributed by atoms with E-state index >= 15 is 0 Å². The molecule has 1 atom stereocenters. The molecule has 1 aromatic heterocycles. The van der Waals surface area contributed by atoms with E-state index in [0.717, 1.165) is 48.4 Å². The highest BCUT2D eigenvalue weighted by atomic mass is 16.5. The number of aromatic nitrogens is 2. The molecule has 1 aliphatic carbocycles. The van der Waals surface area contributed by atoms with Crippen LogP contribution in [0.4, 0.5) is 0 Å². The second kappa shape index (κ2) is 13.2. The number of fused-ring (bicyclic) bond motifs is 1. The number of rotatable bonds is 13. The van der Waals surface area contributed by atoms with E-state index < -0.39 is 11.9 Å². The molecule has 4 rings (SSSR count). The summed E-state index contributed by atoms with van der Waals surface area (Å²) in [6.07, 6.45) is 9.02. The summed E-state index contributed by atoms with van der Waals surface area (Å²) in [6.45, 7) is 4.46. The molecule has 9 heteroatoms. The number of benzene rings is 1. The normalized spacial score (nSPS) is 19.2. The van der Waals surface area contributed by atoms with Crippen molar-refractivity contribution in [2.75, 3.05) is 39.5 Å². The van der Waals surface area contributed by atoms with Crippen LogP contribution >= 0.6 is 0 Å². The molecule has 36 heavy (non-hydrogen) atoms. The molecule has 2 aromatic rings. The zero-order chi connectivity index (χ0) is 25.3. The van der Waals surface area contributed by atoms with E-state index in [-0.39, 0.29) is 18.0 Å². The maximum atomic E-state index is 13.0. The Morgan fingerprint density at radius 2 is 1.78 bits per heavy atom. The molecule has 2 N–H and O–H groups in total. The van der Waals surface area contributed by atoms with Gasteiger partial charge in [-0.1, -0.05) is 31.4 Å². The first kappa shape index (κ1) is 26.6. The van der Waals surface area contributed by atoms with Gasteiger partial charge < -0.3 is 14.8 Å². The van der Waals surface area contributed by atoms with Crippen molar-refractivity contribution < 1.29 is 19.1 Å². The molecule has 2 amide bonds. The van der Waals surface area contributed by atoms with Crippen LogP contribution in [-0.2, 0) is 32.5 Å². The summed E-state index contributed by atoms with van der Waals surface area (Å²) in [5.41, 5.74) is 2.35. The number of imidazole rings is 1. The van der Waals surface area contributed by atoms with Crippen LogP contribution in [0, 0.1) is 5.92 Å². The summed E-state index contributed by atoms with van der Waals surface area (Å²) in [7, 11) is 1.73. The van der Waals surface area contributed by atoms with Crippen LogP contribution in [0.15, 0.2) is 23.0 Å². The highest BCUT2D eigenvalue weighted by molar-refractivity contribution is 6.00. The van der Waals surface area contributed by atoms with Crippen LogP contribution in [-0.4, -0.2) is 60.5 Å². The van der Waals surface area contributed by atoms with E-state index in [4.69, 9.17) is 9.47 Å². The third-order valence-corrected chi connectivity index (χ3v) is 7.40. The highest BCUT2D eigenvalue weighted by Crippen LogP contribution is 2.25. The average Bonchev–Trinajstić information content (AvgIpc) is 3.13. The smallest absolute Gasteiger partial charge is 0.329 e. The van der Waals surface area contributed by atoms with E-state index in [1.165, 1.54) is 36.7 Å². The number of hydrogen-bond donors (Lipinski definition) is 2. The Balaban J connectivity index is 1.18. The Morgan fingerprint density at radius 1 is 1.00 bits per heavy atom. The number of aryl methyl sites for hydroxylation is 2. The summed E-state index contributed by atoms with van der Waals surface area (Å²) >= 11 is 0. The van der Waals surface area contributed by atoms with Gasteiger partial charge >= 0.3 is 5.69 Å². The molecular formula is C27H40N4O5. The van der Waals surface area contributed by atoms with Gasteiger partial charge in [-0.25, -0.2) is 4.79 Å². The molecule has 9 nitrogen and oxygen atoms in total. The fourth-order valence-corrected chi connectivity index (χ4v) is 5.48. The predicted octanol–water partition coefficient (Wildman–Crippen LogP) is 2.45. The number of carbonyl (C=O) groups is 2. The molecule has 2 aliphatic rings.